The minimum Gasteiger partial charge on any atom is -0.449 e. The molecule has 62 heavy (non-hydrogen) atoms. The Hall–Kier alpha value is -7.82. The van der Waals surface area contributed by atoms with Crippen LogP contribution in [-0.4, -0.2) is 4.57 Å². The van der Waals surface area contributed by atoms with Gasteiger partial charge in [-0.3, -0.25) is 0 Å². The van der Waals surface area contributed by atoms with Crippen LogP contribution < -0.4 is 14.4 Å². The third-order valence-electron chi connectivity index (χ3n) is 13.5. The van der Waals surface area contributed by atoms with E-state index in [1.807, 2.05) is 6.07 Å². The Morgan fingerprint density at radius 1 is 0.532 bits per heavy atom. The van der Waals surface area contributed by atoms with Gasteiger partial charge in [-0.25, -0.2) is 0 Å². The fraction of sp³-hybridized carbons (Fsp3) is 0.0690. The molecule has 1 aliphatic heterocycles. The molecule has 0 saturated heterocycles. The van der Waals surface area contributed by atoms with Crippen molar-refractivity contribution in [2.24, 2.45) is 0 Å². The average molecular weight is 797 g/mol. The largest absolute Gasteiger partial charge is 0.449 e. The number of anilines is 2. The van der Waals surface area contributed by atoms with Gasteiger partial charge in [0.2, 0.25) is 0 Å². The van der Waals surface area contributed by atoms with Crippen LogP contribution >= 0.6 is 0 Å². The lowest BCUT2D eigenvalue weighted by atomic mass is 9.70. The van der Waals surface area contributed by atoms with Gasteiger partial charge in [0.15, 0.2) is 23.0 Å². The summed E-state index contributed by atoms with van der Waals surface area (Å²) in [5, 5.41) is 2.48. The summed E-state index contributed by atoms with van der Waals surface area (Å²) in [6.45, 7) is 6.50. The standard InChI is InChI=1S/C58H40N2O2/c1-36(2)59(41-29-30-53-47(33-41)45-19-9-13-23-52(45)60(53)39-14-4-3-5-15-39)40-27-24-37(25-28-40)38-26-31-54-55(32-38)62-57-35-51-46(34-56(57)61-54)44-18-8-12-22-50(44)58(51)48-20-10-6-16-42(48)43-17-7-11-21-49(43)58/h3-4,6-14,16-35H,1,5,15H2,2H3. The summed E-state index contributed by atoms with van der Waals surface area (Å²) in [7, 11) is 0. The quantitative estimate of drug-likeness (QED) is 0.174. The number of nitrogens with zero attached hydrogens (tertiary/aromatic N) is 2. The molecule has 13 rings (SSSR count). The number of allylic oxidation sites excluding steroid dienone is 5. The maximum absolute atomic E-state index is 6.85. The molecular formula is C58H40N2O2. The topological polar surface area (TPSA) is 26.6 Å². The molecule has 0 unspecified atom stereocenters. The summed E-state index contributed by atoms with van der Waals surface area (Å²) < 4.78 is 15.9. The number of ether oxygens (including phenoxy) is 2. The molecule has 0 radical (unpaired) electrons. The molecule has 0 bridgehead atoms. The first kappa shape index (κ1) is 35.0. The molecule has 4 heteroatoms. The number of rotatable bonds is 5. The molecule has 9 aromatic rings. The monoisotopic (exact) mass is 796 g/mol. The normalized spacial score (nSPS) is 14.6. The first-order valence-electron chi connectivity index (χ1n) is 21.5. The number of hydrogen-bond acceptors (Lipinski definition) is 3. The van der Waals surface area contributed by atoms with Crippen LogP contribution in [0.5, 0.6) is 23.0 Å². The molecule has 0 saturated carbocycles. The second-order valence-corrected chi connectivity index (χ2v) is 16.9. The molecule has 1 aromatic heterocycles. The molecule has 0 amide bonds. The van der Waals surface area contributed by atoms with Crippen molar-refractivity contribution in [2.45, 2.75) is 25.2 Å². The SMILES string of the molecule is C=C(C)N(c1ccc(-c2ccc3c(c2)Oc2cc4c(cc2O3)-c2ccccc2C42c3ccccc3-c3ccccc32)cc1)c1ccc2c(c1)c1ccccc1n2C1=CC=CCC1. The van der Waals surface area contributed by atoms with E-state index in [4.69, 9.17) is 9.47 Å². The maximum atomic E-state index is 6.85. The van der Waals surface area contributed by atoms with Crippen LogP contribution in [0.25, 0.3) is 60.9 Å². The van der Waals surface area contributed by atoms with Gasteiger partial charge in [-0.1, -0.05) is 128 Å². The first-order valence-corrected chi connectivity index (χ1v) is 21.5. The summed E-state index contributed by atoms with van der Waals surface area (Å²) in [4.78, 5) is 2.24. The van der Waals surface area contributed by atoms with E-state index in [9.17, 15) is 0 Å². The summed E-state index contributed by atoms with van der Waals surface area (Å²) in [5.74, 6) is 2.86. The summed E-state index contributed by atoms with van der Waals surface area (Å²) >= 11 is 0. The minimum absolute atomic E-state index is 0.450. The van der Waals surface area contributed by atoms with Crippen LogP contribution in [0.3, 0.4) is 0 Å². The molecule has 0 N–H and O–H groups in total. The van der Waals surface area contributed by atoms with Gasteiger partial charge < -0.3 is 18.9 Å². The Bertz CT molecular complexity index is 3410. The van der Waals surface area contributed by atoms with Gasteiger partial charge in [-0.2, -0.15) is 0 Å². The molecule has 294 valence electrons. The predicted molar refractivity (Wildman–Crippen MR) is 254 cm³/mol. The Balaban J connectivity index is 0.847. The van der Waals surface area contributed by atoms with E-state index < -0.39 is 5.41 Å². The maximum Gasteiger partial charge on any atom is 0.170 e. The predicted octanol–water partition coefficient (Wildman–Crippen LogP) is 15.6. The molecule has 4 aliphatic rings. The second kappa shape index (κ2) is 13.1. The lowest BCUT2D eigenvalue weighted by Gasteiger charge is -2.31. The Morgan fingerprint density at radius 3 is 1.84 bits per heavy atom. The highest BCUT2D eigenvalue weighted by molar-refractivity contribution is 6.11. The fourth-order valence-corrected chi connectivity index (χ4v) is 10.9. The number of aromatic nitrogens is 1. The molecular weight excluding hydrogens is 757 g/mol. The molecule has 4 nitrogen and oxygen atoms in total. The van der Waals surface area contributed by atoms with Crippen LogP contribution in [0.1, 0.15) is 42.0 Å². The lowest BCUT2D eigenvalue weighted by molar-refractivity contribution is 0.359. The van der Waals surface area contributed by atoms with Gasteiger partial charge >= 0.3 is 0 Å². The van der Waals surface area contributed by atoms with Gasteiger partial charge in [0.1, 0.15) is 0 Å². The summed E-state index contributed by atoms with van der Waals surface area (Å²) in [6, 6.07) is 61.5. The Morgan fingerprint density at radius 2 is 1.13 bits per heavy atom. The Kier molecular flexibility index (Phi) is 7.39. The van der Waals surface area contributed by atoms with Crippen molar-refractivity contribution >= 4 is 38.9 Å². The molecule has 2 heterocycles. The zero-order chi connectivity index (χ0) is 41.1. The van der Waals surface area contributed by atoms with Crippen LogP contribution in [0.15, 0.2) is 200 Å². The van der Waals surface area contributed by atoms with E-state index in [1.165, 1.54) is 72.0 Å². The lowest BCUT2D eigenvalue weighted by Crippen LogP contribution is -2.25. The molecule has 3 aliphatic carbocycles. The summed E-state index contributed by atoms with van der Waals surface area (Å²) in [6.07, 6.45) is 8.75. The first-order chi connectivity index (χ1) is 30.6. The van der Waals surface area contributed by atoms with Crippen molar-refractivity contribution in [3.63, 3.8) is 0 Å². The van der Waals surface area contributed by atoms with E-state index in [1.54, 1.807) is 0 Å². The van der Waals surface area contributed by atoms with Crippen LogP contribution in [0.4, 0.5) is 11.4 Å². The summed E-state index contributed by atoms with van der Waals surface area (Å²) in [5.41, 5.74) is 18.6. The molecule has 1 spiro atoms. The van der Waals surface area contributed by atoms with Crippen molar-refractivity contribution in [3.8, 4) is 56.4 Å². The average Bonchev–Trinajstić information content (AvgIpc) is 3.92. The third kappa shape index (κ3) is 4.83. The highest BCUT2D eigenvalue weighted by Crippen LogP contribution is 2.64. The van der Waals surface area contributed by atoms with Crippen molar-refractivity contribution in [3.05, 3.63) is 223 Å². The van der Waals surface area contributed by atoms with Gasteiger partial charge in [-0.05, 0) is 142 Å². The molecule has 0 atom stereocenters. The van der Waals surface area contributed by atoms with Crippen molar-refractivity contribution < 1.29 is 9.47 Å². The van der Waals surface area contributed by atoms with Crippen LogP contribution in [0.2, 0.25) is 0 Å². The highest BCUT2D eigenvalue weighted by atomic mass is 16.6. The number of hydrogen-bond donors (Lipinski definition) is 0. The fourth-order valence-electron chi connectivity index (χ4n) is 10.9. The van der Waals surface area contributed by atoms with Crippen molar-refractivity contribution in [1.82, 2.24) is 4.57 Å². The third-order valence-corrected chi connectivity index (χ3v) is 13.5. The molecule has 8 aromatic carbocycles. The highest BCUT2D eigenvalue weighted by Gasteiger charge is 2.52. The van der Waals surface area contributed by atoms with Gasteiger partial charge in [0.25, 0.3) is 0 Å². The van der Waals surface area contributed by atoms with Gasteiger partial charge in [0.05, 0.1) is 16.4 Å². The van der Waals surface area contributed by atoms with E-state index in [-0.39, 0.29) is 0 Å². The van der Waals surface area contributed by atoms with E-state index in [0.717, 1.165) is 52.5 Å². The minimum atomic E-state index is -0.450. The van der Waals surface area contributed by atoms with E-state index >= 15 is 0 Å². The second-order valence-electron chi connectivity index (χ2n) is 16.9. The number of para-hydroxylation sites is 1. The number of benzene rings is 8. The van der Waals surface area contributed by atoms with Gasteiger partial charge in [-0.15, -0.1) is 0 Å². The zero-order valence-electron chi connectivity index (χ0n) is 34.2. The van der Waals surface area contributed by atoms with E-state index in [0.29, 0.717) is 11.5 Å². The zero-order valence-corrected chi connectivity index (χ0v) is 34.2. The Labute approximate surface area is 360 Å². The van der Waals surface area contributed by atoms with Crippen LogP contribution in [0, 0.1) is 0 Å². The van der Waals surface area contributed by atoms with Crippen molar-refractivity contribution in [2.75, 3.05) is 4.90 Å². The van der Waals surface area contributed by atoms with Gasteiger partial charge in [0, 0.05) is 33.5 Å². The van der Waals surface area contributed by atoms with Crippen LogP contribution in [-0.2, 0) is 5.41 Å². The smallest absolute Gasteiger partial charge is 0.170 e. The van der Waals surface area contributed by atoms with Crippen molar-refractivity contribution in [1.29, 1.82) is 0 Å². The van der Waals surface area contributed by atoms with E-state index in [2.05, 4.69) is 205 Å². The molecule has 0 fully saturated rings. The number of fused-ring (bicyclic) bond motifs is 15.